The van der Waals surface area contributed by atoms with Crippen LogP contribution in [0.25, 0.3) is 0 Å². The number of pyridine rings is 1. The first-order valence-electron chi connectivity index (χ1n) is 7.60. The van der Waals surface area contributed by atoms with E-state index in [2.05, 4.69) is 20.3 Å². The van der Waals surface area contributed by atoms with Crippen LogP contribution in [-0.2, 0) is 6.54 Å². The Morgan fingerprint density at radius 3 is 2.75 bits per heavy atom. The summed E-state index contributed by atoms with van der Waals surface area (Å²) in [5.74, 6) is 1.24. The molecule has 0 radical (unpaired) electrons. The molecule has 0 atom stereocenters. The van der Waals surface area contributed by atoms with Crippen LogP contribution in [0.4, 0.5) is 0 Å². The van der Waals surface area contributed by atoms with Gasteiger partial charge in [0.05, 0.1) is 0 Å². The van der Waals surface area contributed by atoms with E-state index in [0.717, 1.165) is 22.6 Å². The summed E-state index contributed by atoms with van der Waals surface area (Å²) in [6.07, 6.45) is 3.28. The quantitative estimate of drug-likeness (QED) is 0.756. The van der Waals surface area contributed by atoms with Crippen molar-refractivity contribution >= 4 is 5.91 Å². The van der Waals surface area contributed by atoms with E-state index in [-0.39, 0.29) is 11.7 Å². The van der Waals surface area contributed by atoms with Crippen LogP contribution in [0.5, 0.6) is 11.6 Å². The molecule has 1 amide bonds. The van der Waals surface area contributed by atoms with Gasteiger partial charge in [-0.3, -0.25) is 4.79 Å². The SMILES string of the molecule is Cc1cnc(C(=O)NCc2cccnc2Oc2ccccc2C)[nH]1. The molecule has 0 aliphatic carbocycles. The lowest BCUT2D eigenvalue weighted by Gasteiger charge is -2.11. The minimum absolute atomic E-state index is 0.270. The Hall–Kier alpha value is -3.15. The van der Waals surface area contributed by atoms with Crippen LogP contribution < -0.4 is 10.1 Å². The number of nitrogens with one attached hydrogen (secondary N) is 2. The molecular weight excluding hydrogens is 304 g/mol. The molecule has 0 aliphatic heterocycles. The van der Waals surface area contributed by atoms with Crippen LogP contribution >= 0.6 is 0 Å². The van der Waals surface area contributed by atoms with E-state index in [1.807, 2.05) is 50.2 Å². The van der Waals surface area contributed by atoms with Crippen LogP contribution in [0.2, 0.25) is 0 Å². The Morgan fingerprint density at radius 2 is 2.00 bits per heavy atom. The summed E-state index contributed by atoms with van der Waals surface area (Å²) in [4.78, 5) is 23.3. The first kappa shape index (κ1) is 15.7. The second-order valence-electron chi connectivity index (χ2n) is 5.43. The van der Waals surface area contributed by atoms with Gasteiger partial charge in [0.15, 0.2) is 5.82 Å². The number of aryl methyl sites for hydroxylation is 2. The first-order chi connectivity index (χ1) is 11.6. The summed E-state index contributed by atoms with van der Waals surface area (Å²) in [7, 11) is 0. The van der Waals surface area contributed by atoms with Gasteiger partial charge in [-0.1, -0.05) is 24.3 Å². The molecule has 0 saturated heterocycles. The highest BCUT2D eigenvalue weighted by Crippen LogP contribution is 2.25. The molecule has 3 aromatic rings. The van der Waals surface area contributed by atoms with Gasteiger partial charge in [-0.05, 0) is 31.5 Å². The number of para-hydroxylation sites is 1. The van der Waals surface area contributed by atoms with Crippen molar-refractivity contribution in [2.45, 2.75) is 20.4 Å². The largest absolute Gasteiger partial charge is 0.438 e. The van der Waals surface area contributed by atoms with Gasteiger partial charge < -0.3 is 15.0 Å². The first-order valence-corrected chi connectivity index (χ1v) is 7.60. The van der Waals surface area contributed by atoms with Crippen molar-refractivity contribution in [2.24, 2.45) is 0 Å². The van der Waals surface area contributed by atoms with Gasteiger partial charge in [0.1, 0.15) is 5.75 Å². The number of hydrogen-bond donors (Lipinski definition) is 2. The number of amides is 1. The van der Waals surface area contributed by atoms with Gasteiger partial charge in [0.2, 0.25) is 5.88 Å². The van der Waals surface area contributed by atoms with E-state index in [1.54, 1.807) is 12.4 Å². The van der Waals surface area contributed by atoms with E-state index < -0.39 is 0 Å². The van der Waals surface area contributed by atoms with E-state index >= 15 is 0 Å². The number of carbonyl (C=O) groups excluding carboxylic acids is 1. The summed E-state index contributed by atoms with van der Waals surface area (Å²) >= 11 is 0. The lowest BCUT2D eigenvalue weighted by Crippen LogP contribution is -2.24. The summed E-state index contributed by atoms with van der Waals surface area (Å²) in [6.45, 7) is 4.12. The van der Waals surface area contributed by atoms with Crippen molar-refractivity contribution in [1.29, 1.82) is 0 Å². The van der Waals surface area contributed by atoms with Crippen LogP contribution in [-0.4, -0.2) is 20.9 Å². The number of carbonyl (C=O) groups is 1. The van der Waals surface area contributed by atoms with Crippen molar-refractivity contribution < 1.29 is 9.53 Å². The lowest BCUT2D eigenvalue weighted by molar-refractivity contribution is 0.0941. The smallest absolute Gasteiger partial charge is 0.287 e. The molecule has 6 heteroatoms. The van der Waals surface area contributed by atoms with Crippen LogP contribution in [0.15, 0.2) is 48.8 Å². The van der Waals surface area contributed by atoms with Crippen LogP contribution in [0.3, 0.4) is 0 Å². The molecule has 2 aromatic heterocycles. The Balaban J connectivity index is 1.72. The van der Waals surface area contributed by atoms with Crippen molar-refractivity contribution in [1.82, 2.24) is 20.3 Å². The van der Waals surface area contributed by atoms with Gasteiger partial charge in [0.25, 0.3) is 5.91 Å². The van der Waals surface area contributed by atoms with Gasteiger partial charge >= 0.3 is 0 Å². The molecule has 0 unspecified atom stereocenters. The Bertz CT molecular complexity index is 857. The molecule has 24 heavy (non-hydrogen) atoms. The number of aromatic nitrogens is 3. The molecule has 0 saturated carbocycles. The number of rotatable bonds is 5. The Labute approximate surface area is 139 Å². The molecule has 0 spiro atoms. The summed E-state index contributed by atoms with van der Waals surface area (Å²) < 4.78 is 5.90. The number of nitrogens with zero attached hydrogens (tertiary/aromatic N) is 2. The lowest BCUT2D eigenvalue weighted by atomic mass is 10.2. The number of imidazole rings is 1. The summed E-state index contributed by atoms with van der Waals surface area (Å²) in [5.41, 5.74) is 2.65. The third-order valence-corrected chi connectivity index (χ3v) is 3.51. The normalized spacial score (nSPS) is 10.4. The van der Waals surface area contributed by atoms with Gasteiger partial charge in [-0.25, -0.2) is 9.97 Å². The minimum atomic E-state index is -0.270. The fraction of sp³-hybridized carbons (Fsp3) is 0.167. The van der Waals surface area contributed by atoms with Crippen LogP contribution in [0.1, 0.15) is 27.4 Å². The molecule has 3 rings (SSSR count). The number of benzene rings is 1. The average molecular weight is 322 g/mol. The fourth-order valence-corrected chi connectivity index (χ4v) is 2.21. The molecule has 122 valence electrons. The maximum Gasteiger partial charge on any atom is 0.287 e. The molecule has 0 bridgehead atoms. The zero-order valence-electron chi connectivity index (χ0n) is 13.5. The molecule has 0 aliphatic rings. The molecule has 2 N–H and O–H groups in total. The highest BCUT2D eigenvalue weighted by Gasteiger charge is 2.12. The molecule has 2 heterocycles. The number of aromatic amines is 1. The van der Waals surface area contributed by atoms with Gasteiger partial charge in [-0.2, -0.15) is 0 Å². The Morgan fingerprint density at radius 1 is 1.17 bits per heavy atom. The zero-order valence-corrected chi connectivity index (χ0v) is 13.5. The van der Waals surface area contributed by atoms with Crippen molar-refractivity contribution in [3.05, 3.63) is 71.4 Å². The monoisotopic (exact) mass is 322 g/mol. The third kappa shape index (κ3) is 3.60. The molecule has 1 aromatic carbocycles. The second-order valence-corrected chi connectivity index (χ2v) is 5.43. The highest BCUT2D eigenvalue weighted by atomic mass is 16.5. The Kier molecular flexibility index (Phi) is 4.56. The van der Waals surface area contributed by atoms with Crippen molar-refractivity contribution in [3.63, 3.8) is 0 Å². The number of H-pyrrole nitrogens is 1. The van der Waals surface area contributed by atoms with E-state index in [0.29, 0.717) is 12.4 Å². The van der Waals surface area contributed by atoms with Gasteiger partial charge in [-0.15, -0.1) is 0 Å². The van der Waals surface area contributed by atoms with E-state index in [9.17, 15) is 4.79 Å². The second kappa shape index (κ2) is 6.95. The zero-order chi connectivity index (χ0) is 16.9. The average Bonchev–Trinajstić information content (AvgIpc) is 3.02. The van der Waals surface area contributed by atoms with Crippen molar-refractivity contribution in [2.75, 3.05) is 0 Å². The predicted molar refractivity (Wildman–Crippen MR) is 90.0 cm³/mol. The standard InChI is InChI=1S/C18H18N4O2/c1-12-6-3-4-8-15(12)24-18-14(7-5-9-19-18)11-21-17(23)16-20-10-13(2)22-16/h3-10H,11H2,1-2H3,(H,20,22)(H,21,23). The summed E-state index contributed by atoms with van der Waals surface area (Å²) in [5, 5.41) is 2.82. The minimum Gasteiger partial charge on any atom is -0.438 e. The van der Waals surface area contributed by atoms with Gasteiger partial charge in [0, 0.05) is 30.2 Å². The molecule has 6 nitrogen and oxygen atoms in total. The predicted octanol–water partition coefficient (Wildman–Crippen LogP) is 3.14. The number of ether oxygens (including phenoxy) is 1. The topological polar surface area (TPSA) is 79.9 Å². The maximum absolute atomic E-state index is 12.1. The molecular formula is C18H18N4O2. The maximum atomic E-state index is 12.1. The van der Waals surface area contributed by atoms with Crippen molar-refractivity contribution in [3.8, 4) is 11.6 Å². The summed E-state index contributed by atoms with van der Waals surface area (Å²) in [6, 6.07) is 11.4. The number of hydrogen-bond acceptors (Lipinski definition) is 4. The molecule has 0 fully saturated rings. The third-order valence-electron chi connectivity index (χ3n) is 3.51. The van der Waals surface area contributed by atoms with E-state index in [1.165, 1.54) is 0 Å². The fourth-order valence-electron chi connectivity index (χ4n) is 2.21. The van der Waals surface area contributed by atoms with E-state index in [4.69, 9.17) is 4.74 Å². The van der Waals surface area contributed by atoms with Crippen LogP contribution in [0, 0.1) is 13.8 Å². The highest BCUT2D eigenvalue weighted by molar-refractivity contribution is 5.90.